The maximum atomic E-state index is 11.4. The van der Waals surface area contributed by atoms with E-state index in [0.29, 0.717) is 6.04 Å². The van der Waals surface area contributed by atoms with E-state index >= 15 is 0 Å². The van der Waals surface area contributed by atoms with E-state index in [1.54, 1.807) is 0 Å². The highest BCUT2D eigenvalue weighted by atomic mass is 16.2. The number of hydrogen-bond donors (Lipinski definition) is 1. The standard InChI is InChI=1S/C10H18N2O/c1-8(9-4-2-3-5-9)12-7-6-11-10(12)13/h8-9H,2-7H2,1H3,(H,11,13). The molecule has 1 unspecified atom stereocenters. The van der Waals surface area contributed by atoms with Crippen LogP contribution in [-0.4, -0.2) is 30.1 Å². The number of nitrogens with one attached hydrogen (secondary N) is 1. The predicted octanol–water partition coefficient (Wildman–Crippen LogP) is 1.59. The van der Waals surface area contributed by atoms with Crippen LogP contribution in [0.15, 0.2) is 0 Å². The van der Waals surface area contributed by atoms with Crippen molar-refractivity contribution in [3.63, 3.8) is 0 Å². The molecular formula is C10H18N2O. The van der Waals surface area contributed by atoms with Gasteiger partial charge >= 0.3 is 6.03 Å². The second kappa shape index (κ2) is 3.56. The van der Waals surface area contributed by atoms with Crippen LogP contribution in [0.25, 0.3) is 0 Å². The van der Waals surface area contributed by atoms with Crippen molar-refractivity contribution in [3.8, 4) is 0 Å². The number of carbonyl (C=O) groups is 1. The number of rotatable bonds is 2. The molecule has 1 saturated carbocycles. The quantitative estimate of drug-likeness (QED) is 0.691. The van der Waals surface area contributed by atoms with Gasteiger partial charge in [-0.3, -0.25) is 0 Å². The van der Waals surface area contributed by atoms with Gasteiger partial charge in [0.25, 0.3) is 0 Å². The van der Waals surface area contributed by atoms with Crippen LogP contribution in [0.2, 0.25) is 0 Å². The largest absolute Gasteiger partial charge is 0.336 e. The van der Waals surface area contributed by atoms with E-state index in [1.807, 2.05) is 4.90 Å². The molecule has 13 heavy (non-hydrogen) atoms. The van der Waals surface area contributed by atoms with Crippen molar-refractivity contribution in [2.24, 2.45) is 5.92 Å². The SMILES string of the molecule is CC(C1CCCC1)N1CCNC1=O. The molecule has 0 aromatic heterocycles. The van der Waals surface area contributed by atoms with E-state index in [2.05, 4.69) is 12.2 Å². The van der Waals surface area contributed by atoms with Crippen molar-refractivity contribution in [2.45, 2.75) is 38.6 Å². The topological polar surface area (TPSA) is 32.3 Å². The van der Waals surface area contributed by atoms with Crippen molar-refractivity contribution in [2.75, 3.05) is 13.1 Å². The van der Waals surface area contributed by atoms with Crippen LogP contribution in [0, 0.1) is 5.92 Å². The summed E-state index contributed by atoms with van der Waals surface area (Å²) in [4.78, 5) is 13.4. The van der Waals surface area contributed by atoms with E-state index < -0.39 is 0 Å². The Labute approximate surface area is 79.5 Å². The van der Waals surface area contributed by atoms with Gasteiger partial charge in [-0.1, -0.05) is 12.8 Å². The van der Waals surface area contributed by atoms with E-state index in [-0.39, 0.29) is 6.03 Å². The fourth-order valence-electron chi connectivity index (χ4n) is 2.57. The lowest BCUT2D eigenvalue weighted by Gasteiger charge is -2.28. The molecule has 0 bridgehead atoms. The molecule has 1 aliphatic carbocycles. The molecule has 74 valence electrons. The summed E-state index contributed by atoms with van der Waals surface area (Å²) < 4.78 is 0. The summed E-state index contributed by atoms with van der Waals surface area (Å²) in [6, 6.07) is 0.587. The molecule has 2 fully saturated rings. The highest BCUT2D eigenvalue weighted by Crippen LogP contribution is 2.30. The zero-order chi connectivity index (χ0) is 9.26. The zero-order valence-corrected chi connectivity index (χ0v) is 8.25. The molecule has 3 heteroatoms. The van der Waals surface area contributed by atoms with Gasteiger partial charge in [-0.05, 0) is 25.7 Å². The summed E-state index contributed by atoms with van der Waals surface area (Å²) >= 11 is 0. The molecule has 0 radical (unpaired) electrons. The van der Waals surface area contributed by atoms with Crippen LogP contribution in [-0.2, 0) is 0 Å². The Morgan fingerprint density at radius 3 is 2.69 bits per heavy atom. The van der Waals surface area contributed by atoms with Crippen molar-refractivity contribution >= 4 is 6.03 Å². The number of carbonyl (C=O) groups excluding carboxylic acids is 1. The lowest BCUT2D eigenvalue weighted by atomic mass is 9.99. The molecule has 0 aromatic rings. The Kier molecular flexibility index (Phi) is 2.42. The fourth-order valence-corrected chi connectivity index (χ4v) is 2.57. The minimum absolute atomic E-state index is 0.138. The molecule has 1 atom stereocenters. The highest BCUT2D eigenvalue weighted by molar-refractivity contribution is 5.76. The highest BCUT2D eigenvalue weighted by Gasteiger charge is 2.31. The summed E-state index contributed by atoms with van der Waals surface area (Å²) in [6.45, 7) is 3.92. The van der Waals surface area contributed by atoms with Crippen molar-refractivity contribution in [3.05, 3.63) is 0 Å². The lowest BCUT2D eigenvalue weighted by molar-refractivity contribution is 0.179. The molecule has 1 N–H and O–H groups in total. The molecule has 0 aromatic carbocycles. The summed E-state index contributed by atoms with van der Waals surface area (Å²) in [6.07, 6.45) is 5.32. The van der Waals surface area contributed by atoms with Crippen LogP contribution >= 0.6 is 0 Å². The first-order chi connectivity index (χ1) is 6.29. The van der Waals surface area contributed by atoms with Gasteiger partial charge in [-0.15, -0.1) is 0 Å². The maximum Gasteiger partial charge on any atom is 0.317 e. The van der Waals surface area contributed by atoms with Crippen LogP contribution in [0.1, 0.15) is 32.6 Å². The maximum absolute atomic E-state index is 11.4. The van der Waals surface area contributed by atoms with E-state index in [1.165, 1.54) is 25.7 Å². The van der Waals surface area contributed by atoms with Gasteiger partial charge in [0, 0.05) is 19.1 Å². The Hall–Kier alpha value is -0.730. The first-order valence-corrected chi connectivity index (χ1v) is 5.33. The smallest absolute Gasteiger partial charge is 0.317 e. The number of amides is 2. The Bertz CT molecular complexity index is 199. The van der Waals surface area contributed by atoms with Crippen LogP contribution < -0.4 is 5.32 Å². The summed E-state index contributed by atoms with van der Waals surface area (Å²) in [7, 11) is 0. The summed E-state index contributed by atoms with van der Waals surface area (Å²) in [5.74, 6) is 0.754. The van der Waals surface area contributed by atoms with Gasteiger partial charge in [-0.25, -0.2) is 4.79 Å². The van der Waals surface area contributed by atoms with Crippen LogP contribution in [0.4, 0.5) is 4.79 Å². The monoisotopic (exact) mass is 182 g/mol. The fraction of sp³-hybridized carbons (Fsp3) is 0.900. The van der Waals surface area contributed by atoms with E-state index in [0.717, 1.165) is 19.0 Å². The molecule has 1 aliphatic heterocycles. The normalized spacial score (nSPS) is 26.5. The van der Waals surface area contributed by atoms with Gasteiger partial charge in [-0.2, -0.15) is 0 Å². The third kappa shape index (κ3) is 1.64. The average Bonchev–Trinajstić information content (AvgIpc) is 2.72. The van der Waals surface area contributed by atoms with Gasteiger partial charge < -0.3 is 10.2 Å². The van der Waals surface area contributed by atoms with Gasteiger partial charge in [0.1, 0.15) is 0 Å². The van der Waals surface area contributed by atoms with Gasteiger partial charge in [0.05, 0.1) is 0 Å². The Morgan fingerprint density at radius 2 is 2.15 bits per heavy atom. The van der Waals surface area contributed by atoms with Crippen molar-refractivity contribution in [1.29, 1.82) is 0 Å². The lowest BCUT2D eigenvalue weighted by Crippen LogP contribution is -2.39. The van der Waals surface area contributed by atoms with Crippen LogP contribution in [0.5, 0.6) is 0 Å². The van der Waals surface area contributed by atoms with Crippen LogP contribution in [0.3, 0.4) is 0 Å². The second-order valence-corrected chi connectivity index (χ2v) is 4.21. The van der Waals surface area contributed by atoms with Gasteiger partial charge in [0.15, 0.2) is 0 Å². The predicted molar refractivity (Wildman–Crippen MR) is 51.5 cm³/mol. The summed E-state index contributed by atoms with van der Waals surface area (Å²) in [5, 5.41) is 2.86. The molecule has 1 saturated heterocycles. The van der Waals surface area contributed by atoms with Crippen molar-refractivity contribution in [1.82, 2.24) is 10.2 Å². The molecule has 1 heterocycles. The first-order valence-electron chi connectivity index (χ1n) is 5.33. The van der Waals surface area contributed by atoms with E-state index in [4.69, 9.17) is 0 Å². The summed E-state index contributed by atoms with van der Waals surface area (Å²) in [5.41, 5.74) is 0. The molecular weight excluding hydrogens is 164 g/mol. The third-order valence-corrected chi connectivity index (χ3v) is 3.46. The molecule has 2 amide bonds. The zero-order valence-electron chi connectivity index (χ0n) is 8.25. The molecule has 0 spiro atoms. The van der Waals surface area contributed by atoms with Crippen molar-refractivity contribution < 1.29 is 4.79 Å². The number of urea groups is 1. The first kappa shape index (κ1) is 8.85. The van der Waals surface area contributed by atoms with E-state index in [9.17, 15) is 4.79 Å². The number of nitrogens with zero attached hydrogens (tertiary/aromatic N) is 1. The Morgan fingerprint density at radius 1 is 1.46 bits per heavy atom. The molecule has 2 rings (SSSR count). The third-order valence-electron chi connectivity index (χ3n) is 3.46. The molecule has 2 aliphatic rings. The number of hydrogen-bond acceptors (Lipinski definition) is 1. The van der Waals surface area contributed by atoms with Gasteiger partial charge in [0.2, 0.25) is 0 Å². The second-order valence-electron chi connectivity index (χ2n) is 4.21. The average molecular weight is 182 g/mol. The minimum atomic E-state index is 0.138. The Balaban J connectivity index is 1.94. The minimum Gasteiger partial charge on any atom is -0.336 e. The molecule has 3 nitrogen and oxygen atoms in total.